The minimum atomic E-state index is 0.685. The first-order valence-corrected chi connectivity index (χ1v) is 7.88. The van der Waals surface area contributed by atoms with Crippen LogP contribution in [-0.2, 0) is 20.0 Å². The monoisotopic (exact) mass is 309 g/mol. The number of aromatic nitrogens is 4. The van der Waals surface area contributed by atoms with Crippen LogP contribution in [0.2, 0.25) is 0 Å². The summed E-state index contributed by atoms with van der Waals surface area (Å²) >= 11 is 0. The van der Waals surface area contributed by atoms with E-state index in [9.17, 15) is 0 Å². The summed E-state index contributed by atoms with van der Waals surface area (Å²) in [6, 6.07) is 6.38. The van der Waals surface area contributed by atoms with Gasteiger partial charge in [0.2, 0.25) is 0 Å². The molecule has 0 unspecified atom stereocenters. The molecule has 0 fully saturated rings. The maximum absolute atomic E-state index is 5.63. The summed E-state index contributed by atoms with van der Waals surface area (Å²) in [7, 11) is 1.90. The molecule has 0 spiro atoms. The highest BCUT2D eigenvalue weighted by molar-refractivity contribution is 5.86. The molecule has 3 aromatic rings. The van der Waals surface area contributed by atoms with Gasteiger partial charge >= 0.3 is 0 Å². The van der Waals surface area contributed by atoms with Crippen molar-refractivity contribution in [1.82, 2.24) is 19.7 Å². The lowest BCUT2D eigenvalue weighted by Gasteiger charge is -2.30. The Hall–Kier alpha value is -2.63. The van der Waals surface area contributed by atoms with Gasteiger partial charge in [0.1, 0.15) is 17.9 Å². The van der Waals surface area contributed by atoms with Crippen molar-refractivity contribution in [3.63, 3.8) is 0 Å². The summed E-state index contributed by atoms with van der Waals surface area (Å²) in [5.41, 5.74) is 3.56. The molecule has 0 aliphatic carbocycles. The van der Waals surface area contributed by atoms with Gasteiger partial charge in [-0.1, -0.05) is 6.07 Å². The first-order chi connectivity index (χ1) is 11.3. The molecule has 0 saturated heterocycles. The average molecular weight is 309 g/mol. The molecule has 1 aliphatic heterocycles. The Morgan fingerprint density at radius 2 is 2.13 bits per heavy atom. The quantitative estimate of drug-likeness (QED) is 0.743. The predicted octanol–water partition coefficient (Wildman–Crippen LogP) is 2.32. The van der Waals surface area contributed by atoms with Crippen molar-refractivity contribution < 1.29 is 4.74 Å². The zero-order valence-electron chi connectivity index (χ0n) is 13.4. The summed E-state index contributed by atoms with van der Waals surface area (Å²) in [6.07, 6.45) is 4.47. The Bertz CT molecular complexity index is 857. The van der Waals surface area contributed by atoms with E-state index in [1.165, 1.54) is 11.1 Å². The van der Waals surface area contributed by atoms with Crippen LogP contribution in [-0.4, -0.2) is 32.9 Å². The van der Waals surface area contributed by atoms with Crippen LogP contribution in [0, 0.1) is 0 Å². The molecule has 4 rings (SSSR count). The molecule has 6 nitrogen and oxygen atoms in total. The van der Waals surface area contributed by atoms with Gasteiger partial charge in [-0.25, -0.2) is 9.97 Å². The van der Waals surface area contributed by atoms with E-state index in [-0.39, 0.29) is 0 Å². The van der Waals surface area contributed by atoms with E-state index in [2.05, 4.69) is 38.2 Å². The molecule has 0 radical (unpaired) electrons. The van der Waals surface area contributed by atoms with E-state index in [0.29, 0.717) is 6.61 Å². The largest absolute Gasteiger partial charge is 0.494 e. The third-order valence-corrected chi connectivity index (χ3v) is 4.31. The molecule has 0 amide bonds. The Kier molecular flexibility index (Phi) is 3.37. The zero-order valence-corrected chi connectivity index (χ0v) is 13.4. The van der Waals surface area contributed by atoms with E-state index >= 15 is 0 Å². The summed E-state index contributed by atoms with van der Waals surface area (Å²) < 4.78 is 7.41. The van der Waals surface area contributed by atoms with E-state index in [0.717, 1.165) is 42.1 Å². The van der Waals surface area contributed by atoms with Crippen molar-refractivity contribution in [1.29, 1.82) is 0 Å². The van der Waals surface area contributed by atoms with Crippen LogP contribution in [0.15, 0.2) is 30.7 Å². The third kappa shape index (κ3) is 2.40. The molecule has 0 bridgehead atoms. The second-order valence-electron chi connectivity index (χ2n) is 5.74. The highest BCUT2D eigenvalue weighted by atomic mass is 16.5. The maximum atomic E-state index is 5.63. The van der Waals surface area contributed by atoms with Crippen molar-refractivity contribution in [2.75, 3.05) is 18.1 Å². The van der Waals surface area contributed by atoms with Gasteiger partial charge < -0.3 is 9.64 Å². The lowest BCUT2D eigenvalue weighted by molar-refractivity contribution is 0.339. The lowest BCUT2D eigenvalue weighted by atomic mass is 9.99. The first-order valence-electron chi connectivity index (χ1n) is 7.88. The highest BCUT2D eigenvalue weighted by Gasteiger charge is 2.21. The van der Waals surface area contributed by atoms with Crippen LogP contribution in [0.5, 0.6) is 5.75 Å². The molecular weight excluding hydrogens is 290 g/mol. The van der Waals surface area contributed by atoms with E-state index in [4.69, 9.17) is 4.74 Å². The first kappa shape index (κ1) is 14.0. The van der Waals surface area contributed by atoms with Gasteiger partial charge in [0.15, 0.2) is 5.65 Å². The summed E-state index contributed by atoms with van der Waals surface area (Å²) in [6.45, 7) is 4.47. The predicted molar refractivity (Wildman–Crippen MR) is 88.7 cm³/mol. The molecule has 2 aromatic heterocycles. The van der Waals surface area contributed by atoms with Crippen LogP contribution in [0.25, 0.3) is 11.0 Å². The molecule has 6 heteroatoms. The van der Waals surface area contributed by atoms with Crippen molar-refractivity contribution in [3.8, 4) is 5.75 Å². The van der Waals surface area contributed by atoms with Gasteiger partial charge in [-0.2, -0.15) is 5.10 Å². The smallest absolute Gasteiger partial charge is 0.163 e. The number of fused-ring (bicyclic) bond motifs is 2. The molecule has 23 heavy (non-hydrogen) atoms. The fraction of sp³-hybridized carbons (Fsp3) is 0.353. The zero-order chi connectivity index (χ0) is 15.8. The van der Waals surface area contributed by atoms with Crippen molar-refractivity contribution in [3.05, 3.63) is 41.9 Å². The SMILES string of the molecule is CCOc1ccc2c(c1)CN(c1ncnc3c1cnn3C)CC2. The fourth-order valence-corrected chi connectivity index (χ4v) is 3.17. The Balaban J connectivity index is 1.70. The minimum Gasteiger partial charge on any atom is -0.494 e. The molecule has 3 heterocycles. The molecule has 0 atom stereocenters. The third-order valence-electron chi connectivity index (χ3n) is 4.31. The lowest BCUT2D eigenvalue weighted by Crippen LogP contribution is -2.31. The van der Waals surface area contributed by atoms with Gasteiger partial charge in [-0.05, 0) is 36.6 Å². The second kappa shape index (κ2) is 5.53. The van der Waals surface area contributed by atoms with E-state index < -0.39 is 0 Å². The normalized spacial score (nSPS) is 14.1. The molecular formula is C17H19N5O. The Morgan fingerprint density at radius 1 is 1.22 bits per heavy atom. The van der Waals surface area contributed by atoms with E-state index in [1.807, 2.05) is 20.2 Å². The Labute approximate surface area is 134 Å². The number of aryl methyl sites for hydroxylation is 1. The topological polar surface area (TPSA) is 56.1 Å². The summed E-state index contributed by atoms with van der Waals surface area (Å²) in [5, 5.41) is 5.30. The van der Waals surface area contributed by atoms with Crippen LogP contribution in [0.4, 0.5) is 5.82 Å². The molecule has 0 saturated carbocycles. The number of nitrogens with zero attached hydrogens (tertiary/aromatic N) is 5. The number of hydrogen-bond donors (Lipinski definition) is 0. The highest BCUT2D eigenvalue weighted by Crippen LogP contribution is 2.29. The molecule has 0 N–H and O–H groups in total. The fourth-order valence-electron chi connectivity index (χ4n) is 3.17. The number of hydrogen-bond acceptors (Lipinski definition) is 5. The van der Waals surface area contributed by atoms with Crippen LogP contribution in [0.1, 0.15) is 18.1 Å². The molecule has 118 valence electrons. The van der Waals surface area contributed by atoms with Crippen LogP contribution in [0.3, 0.4) is 0 Å². The number of benzene rings is 1. The van der Waals surface area contributed by atoms with Crippen molar-refractivity contribution in [2.24, 2.45) is 7.05 Å². The number of ether oxygens (including phenoxy) is 1. The standard InChI is InChI=1S/C17H19N5O/c1-3-23-14-5-4-12-6-7-22(10-13(12)8-14)17-15-9-20-21(2)16(15)18-11-19-17/h4-5,8-9,11H,3,6-7,10H2,1-2H3. The van der Waals surface area contributed by atoms with Gasteiger partial charge in [-0.15, -0.1) is 0 Å². The van der Waals surface area contributed by atoms with Gasteiger partial charge in [0, 0.05) is 20.1 Å². The molecule has 1 aliphatic rings. The summed E-state index contributed by atoms with van der Waals surface area (Å²) in [4.78, 5) is 11.1. The maximum Gasteiger partial charge on any atom is 0.163 e. The molecule has 1 aromatic carbocycles. The average Bonchev–Trinajstić information content (AvgIpc) is 2.96. The van der Waals surface area contributed by atoms with Crippen LogP contribution < -0.4 is 9.64 Å². The van der Waals surface area contributed by atoms with Crippen molar-refractivity contribution in [2.45, 2.75) is 19.9 Å². The summed E-state index contributed by atoms with van der Waals surface area (Å²) in [5.74, 6) is 1.89. The van der Waals surface area contributed by atoms with Crippen LogP contribution >= 0.6 is 0 Å². The van der Waals surface area contributed by atoms with Gasteiger partial charge in [0.25, 0.3) is 0 Å². The van der Waals surface area contributed by atoms with Crippen molar-refractivity contribution >= 4 is 16.9 Å². The van der Waals surface area contributed by atoms with Gasteiger partial charge in [-0.3, -0.25) is 4.68 Å². The Morgan fingerprint density at radius 3 is 3.00 bits per heavy atom. The second-order valence-corrected chi connectivity index (χ2v) is 5.74. The number of rotatable bonds is 3. The minimum absolute atomic E-state index is 0.685. The number of anilines is 1. The van der Waals surface area contributed by atoms with E-state index in [1.54, 1.807) is 11.0 Å². The van der Waals surface area contributed by atoms with Gasteiger partial charge in [0.05, 0.1) is 18.2 Å².